The fraction of sp³-hybridized carbons (Fsp3) is 0.0667. The molecule has 98 valence electrons. The fourth-order valence-electron chi connectivity index (χ4n) is 1.91. The lowest BCUT2D eigenvalue weighted by atomic mass is 10.2. The van der Waals surface area contributed by atoms with Gasteiger partial charge in [0.15, 0.2) is 0 Å². The molecule has 2 aromatic heterocycles. The second-order valence-corrected chi connectivity index (χ2v) is 4.15. The summed E-state index contributed by atoms with van der Waals surface area (Å²) in [4.78, 5) is 7.51. The highest BCUT2D eigenvalue weighted by molar-refractivity contribution is 5.89. The number of nitriles is 1. The van der Waals surface area contributed by atoms with Gasteiger partial charge in [-0.3, -0.25) is 0 Å². The average molecular weight is 265 g/mol. The molecule has 0 aliphatic heterocycles. The number of rotatable bonds is 3. The molecule has 5 heteroatoms. The molecule has 20 heavy (non-hydrogen) atoms. The number of nitrogens with one attached hydrogen (secondary N) is 1. The smallest absolute Gasteiger partial charge is 0.149 e. The standard InChI is InChI=1S/C15H11N3O2/c1-19-11-4-5-13-14(8-11)18-15(17-13)10(9-16)7-12-3-2-6-20-12/h2-8H,1H3,(H,17,18)/b10-7+. The van der Waals surface area contributed by atoms with Gasteiger partial charge in [0.25, 0.3) is 0 Å². The van der Waals surface area contributed by atoms with Gasteiger partial charge in [0, 0.05) is 12.1 Å². The van der Waals surface area contributed by atoms with Crippen LogP contribution in [-0.2, 0) is 0 Å². The van der Waals surface area contributed by atoms with E-state index in [1.54, 1.807) is 31.6 Å². The number of imidazole rings is 1. The molecule has 3 aromatic rings. The van der Waals surface area contributed by atoms with Gasteiger partial charge >= 0.3 is 0 Å². The molecule has 1 aromatic carbocycles. The van der Waals surface area contributed by atoms with Crippen molar-refractivity contribution in [1.29, 1.82) is 5.26 Å². The fourth-order valence-corrected chi connectivity index (χ4v) is 1.91. The zero-order valence-corrected chi connectivity index (χ0v) is 10.8. The molecule has 0 aliphatic carbocycles. The Balaban J connectivity index is 2.07. The number of fused-ring (bicyclic) bond motifs is 1. The van der Waals surface area contributed by atoms with Crippen molar-refractivity contribution >= 4 is 22.7 Å². The molecule has 0 fully saturated rings. The number of ether oxygens (including phenoxy) is 1. The third kappa shape index (κ3) is 2.15. The van der Waals surface area contributed by atoms with Crippen LogP contribution in [0.25, 0.3) is 22.7 Å². The number of aromatic nitrogens is 2. The molecular formula is C15H11N3O2. The Kier molecular flexibility index (Phi) is 2.98. The predicted molar refractivity (Wildman–Crippen MR) is 74.8 cm³/mol. The number of aromatic amines is 1. The first-order valence-electron chi connectivity index (χ1n) is 5.99. The highest BCUT2D eigenvalue weighted by atomic mass is 16.5. The van der Waals surface area contributed by atoms with Gasteiger partial charge < -0.3 is 14.1 Å². The topological polar surface area (TPSA) is 74.8 Å². The first-order valence-corrected chi connectivity index (χ1v) is 5.99. The van der Waals surface area contributed by atoms with Gasteiger partial charge in [-0.1, -0.05) is 0 Å². The first-order chi connectivity index (χ1) is 9.80. The number of benzene rings is 1. The zero-order valence-electron chi connectivity index (χ0n) is 10.8. The van der Waals surface area contributed by atoms with E-state index in [2.05, 4.69) is 16.0 Å². The van der Waals surface area contributed by atoms with Crippen molar-refractivity contribution in [2.75, 3.05) is 7.11 Å². The zero-order chi connectivity index (χ0) is 13.9. The molecule has 1 N–H and O–H groups in total. The van der Waals surface area contributed by atoms with Crippen LogP contribution >= 0.6 is 0 Å². The van der Waals surface area contributed by atoms with Crippen LogP contribution in [0.1, 0.15) is 11.6 Å². The maximum atomic E-state index is 9.26. The number of H-pyrrole nitrogens is 1. The summed E-state index contributed by atoms with van der Waals surface area (Å²) in [7, 11) is 1.61. The number of furan rings is 1. The summed E-state index contributed by atoms with van der Waals surface area (Å²) >= 11 is 0. The van der Waals surface area contributed by atoms with E-state index in [1.165, 1.54) is 0 Å². The summed E-state index contributed by atoms with van der Waals surface area (Å²) in [6, 6.07) is 11.2. The Morgan fingerprint density at radius 2 is 2.35 bits per heavy atom. The average Bonchev–Trinajstić information content (AvgIpc) is 3.12. The minimum Gasteiger partial charge on any atom is -0.497 e. The van der Waals surface area contributed by atoms with Crippen molar-refractivity contribution in [1.82, 2.24) is 9.97 Å². The summed E-state index contributed by atoms with van der Waals surface area (Å²) in [5.74, 6) is 1.85. The minimum absolute atomic E-state index is 0.412. The van der Waals surface area contributed by atoms with Crippen LogP contribution < -0.4 is 4.74 Å². The number of allylic oxidation sites excluding steroid dienone is 1. The number of hydrogen-bond acceptors (Lipinski definition) is 4. The second-order valence-electron chi connectivity index (χ2n) is 4.15. The predicted octanol–water partition coefficient (Wildman–Crippen LogP) is 3.23. The van der Waals surface area contributed by atoms with Gasteiger partial charge in [-0.15, -0.1) is 0 Å². The first kappa shape index (κ1) is 12.1. The lowest BCUT2D eigenvalue weighted by Gasteiger charge is -1.96. The second kappa shape index (κ2) is 4.94. The van der Waals surface area contributed by atoms with Gasteiger partial charge in [0.05, 0.1) is 30.0 Å². The van der Waals surface area contributed by atoms with Crippen LogP contribution in [0.3, 0.4) is 0 Å². The number of hydrogen-bond donors (Lipinski definition) is 1. The van der Waals surface area contributed by atoms with Crippen LogP contribution in [-0.4, -0.2) is 17.1 Å². The van der Waals surface area contributed by atoms with E-state index >= 15 is 0 Å². The van der Waals surface area contributed by atoms with Crippen molar-refractivity contribution in [3.63, 3.8) is 0 Å². The van der Waals surface area contributed by atoms with E-state index in [0.717, 1.165) is 16.8 Å². The van der Waals surface area contributed by atoms with Crippen molar-refractivity contribution in [2.45, 2.75) is 0 Å². The Morgan fingerprint density at radius 3 is 3.05 bits per heavy atom. The van der Waals surface area contributed by atoms with Gasteiger partial charge in [-0.25, -0.2) is 4.98 Å². The van der Waals surface area contributed by atoms with Crippen molar-refractivity contribution in [3.05, 3.63) is 48.2 Å². The highest BCUT2D eigenvalue weighted by Crippen LogP contribution is 2.22. The SMILES string of the molecule is COc1ccc2nc(/C(C#N)=C/c3ccco3)[nH]c2c1. The molecule has 0 radical (unpaired) electrons. The Bertz CT molecular complexity index is 807. The van der Waals surface area contributed by atoms with E-state index in [4.69, 9.17) is 9.15 Å². The monoisotopic (exact) mass is 265 g/mol. The minimum atomic E-state index is 0.412. The molecule has 0 aliphatic rings. The molecule has 2 heterocycles. The quantitative estimate of drug-likeness (QED) is 0.738. The van der Waals surface area contributed by atoms with Crippen molar-refractivity contribution in [2.24, 2.45) is 0 Å². The van der Waals surface area contributed by atoms with E-state index in [1.807, 2.05) is 18.2 Å². The molecule has 0 atom stereocenters. The molecule has 0 spiro atoms. The van der Waals surface area contributed by atoms with Crippen LogP contribution in [0.2, 0.25) is 0 Å². The van der Waals surface area contributed by atoms with Gasteiger partial charge in [-0.2, -0.15) is 5.26 Å². The molecule has 0 amide bonds. The molecule has 0 unspecified atom stereocenters. The van der Waals surface area contributed by atoms with Crippen LogP contribution in [0.5, 0.6) is 5.75 Å². The van der Waals surface area contributed by atoms with Crippen LogP contribution in [0.4, 0.5) is 0 Å². The van der Waals surface area contributed by atoms with Gasteiger partial charge in [-0.05, 0) is 24.3 Å². The summed E-state index contributed by atoms with van der Waals surface area (Å²) in [5, 5.41) is 9.26. The molecular weight excluding hydrogens is 254 g/mol. The third-order valence-electron chi connectivity index (χ3n) is 2.89. The van der Waals surface area contributed by atoms with E-state index < -0.39 is 0 Å². The maximum Gasteiger partial charge on any atom is 0.149 e. The van der Waals surface area contributed by atoms with E-state index in [0.29, 0.717) is 17.2 Å². The largest absolute Gasteiger partial charge is 0.497 e. The Labute approximate surface area is 115 Å². The lowest BCUT2D eigenvalue weighted by molar-refractivity contribution is 0.415. The van der Waals surface area contributed by atoms with Crippen molar-refractivity contribution < 1.29 is 9.15 Å². The van der Waals surface area contributed by atoms with Crippen LogP contribution in [0.15, 0.2) is 41.0 Å². The van der Waals surface area contributed by atoms with Gasteiger partial charge in [0.2, 0.25) is 0 Å². The number of methoxy groups -OCH3 is 1. The molecule has 0 saturated carbocycles. The molecule has 0 saturated heterocycles. The summed E-state index contributed by atoms with van der Waals surface area (Å²) in [6.45, 7) is 0. The third-order valence-corrected chi connectivity index (χ3v) is 2.89. The van der Waals surface area contributed by atoms with Crippen LogP contribution in [0, 0.1) is 11.3 Å². The highest BCUT2D eigenvalue weighted by Gasteiger charge is 2.09. The summed E-state index contributed by atoms with van der Waals surface area (Å²) in [5.41, 5.74) is 2.01. The maximum absolute atomic E-state index is 9.26. The number of nitrogens with zero attached hydrogens (tertiary/aromatic N) is 2. The summed E-state index contributed by atoms with van der Waals surface area (Å²) in [6.07, 6.45) is 3.21. The summed E-state index contributed by atoms with van der Waals surface area (Å²) < 4.78 is 10.4. The van der Waals surface area contributed by atoms with E-state index in [9.17, 15) is 5.26 Å². The van der Waals surface area contributed by atoms with E-state index in [-0.39, 0.29) is 0 Å². The molecule has 5 nitrogen and oxygen atoms in total. The normalized spacial score (nSPS) is 11.5. The Morgan fingerprint density at radius 1 is 1.45 bits per heavy atom. The molecule has 0 bridgehead atoms. The lowest BCUT2D eigenvalue weighted by Crippen LogP contribution is -1.84. The Hall–Kier alpha value is -3.00. The van der Waals surface area contributed by atoms with Crippen molar-refractivity contribution in [3.8, 4) is 11.8 Å². The van der Waals surface area contributed by atoms with Gasteiger partial charge in [0.1, 0.15) is 23.4 Å². The molecule has 3 rings (SSSR count).